The van der Waals surface area contributed by atoms with Gasteiger partial charge in [-0.05, 0) is 36.6 Å². The van der Waals surface area contributed by atoms with Crippen LogP contribution >= 0.6 is 11.6 Å². The average molecular weight is 655 g/mol. The minimum absolute atomic E-state index is 0.106. The molecule has 244 valence electrons. The van der Waals surface area contributed by atoms with Crippen molar-refractivity contribution in [2.24, 2.45) is 0 Å². The first kappa shape index (κ1) is 32.4. The zero-order valence-electron chi connectivity index (χ0n) is 26.6. The van der Waals surface area contributed by atoms with Crippen LogP contribution in [0.1, 0.15) is 36.8 Å². The van der Waals surface area contributed by atoms with E-state index < -0.39 is 0 Å². The standard InChI is InChI=1S/C36H39ClN6O4/c1-46-35-24(18-38-20-26-11-15-32(44)40-26)9-13-30(42-35)23-6-3-5-22(17-23)28-7-4-8-29(34(28)37)31-14-10-25(36(43-31)47-2)19-39-21-27-12-16-33(45)41-27/h3-10,13-14,17,26-27,38-39H,11-12,15-16,18-21H2,1-2H3,(H,40,44)(H,41,45)/t26-,27-/m0/s1. The second kappa shape index (κ2) is 14.9. The predicted octanol–water partition coefficient (Wildman–Crippen LogP) is 4.88. The van der Waals surface area contributed by atoms with Gasteiger partial charge in [-0.2, -0.15) is 0 Å². The van der Waals surface area contributed by atoms with E-state index >= 15 is 0 Å². The summed E-state index contributed by atoms with van der Waals surface area (Å²) in [4.78, 5) is 32.6. The molecule has 2 aromatic carbocycles. The van der Waals surface area contributed by atoms with E-state index in [2.05, 4.69) is 27.3 Å². The average Bonchev–Trinajstić information content (AvgIpc) is 3.71. The third-order valence-electron chi connectivity index (χ3n) is 8.59. The minimum atomic E-state index is 0.106. The molecule has 10 nitrogen and oxygen atoms in total. The van der Waals surface area contributed by atoms with Crippen molar-refractivity contribution >= 4 is 23.4 Å². The molecule has 4 aromatic rings. The van der Waals surface area contributed by atoms with Crippen molar-refractivity contribution in [3.63, 3.8) is 0 Å². The summed E-state index contributed by atoms with van der Waals surface area (Å²) in [7, 11) is 3.23. The summed E-state index contributed by atoms with van der Waals surface area (Å²) in [6.07, 6.45) is 2.86. The number of halogens is 1. The highest BCUT2D eigenvalue weighted by molar-refractivity contribution is 6.36. The summed E-state index contributed by atoms with van der Waals surface area (Å²) >= 11 is 7.06. The van der Waals surface area contributed by atoms with Gasteiger partial charge in [0.2, 0.25) is 23.6 Å². The van der Waals surface area contributed by atoms with E-state index in [0.29, 0.717) is 61.5 Å². The summed E-state index contributed by atoms with van der Waals surface area (Å²) in [5, 5.41) is 13.4. The van der Waals surface area contributed by atoms with Crippen molar-refractivity contribution in [2.45, 2.75) is 50.9 Å². The molecule has 4 N–H and O–H groups in total. The number of benzene rings is 2. The molecule has 11 heteroatoms. The largest absolute Gasteiger partial charge is 0.481 e. The zero-order chi connectivity index (χ0) is 32.8. The van der Waals surface area contributed by atoms with Gasteiger partial charge in [0.1, 0.15) is 0 Å². The number of nitrogens with zero attached hydrogens (tertiary/aromatic N) is 2. The van der Waals surface area contributed by atoms with Crippen LogP contribution in [-0.4, -0.2) is 61.2 Å². The van der Waals surface area contributed by atoms with Crippen LogP contribution in [0.15, 0.2) is 66.7 Å². The molecule has 4 heterocycles. The molecular formula is C36H39ClN6O4. The van der Waals surface area contributed by atoms with Crippen molar-refractivity contribution in [1.82, 2.24) is 31.2 Å². The number of carbonyl (C=O) groups excluding carboxylic acids is 2. The maximum atomic E-state index is 11.5. The van der Waals surface area contributed by atoms with Crippen molar-refractivity contribution in [3.05, 3.63) is 82.9 Å². The van der Waals surface area contributed by atoms with Crippen LogP contribution in [0, 0.1) is 0 Å². The highest BCUT2D eigenvalue weighted by Crippen LogP contribution is 2.38. The van der Waals surface area contributed by atoms with Gasteiger partial charge < -0.3 is 30.7 Å². The van der Waals surface area contributed by atoms with Crippen LogP contribution in [0.3, 0.4) is 0 Å². The number of aromatic nitrogens is 2. The van der Waals surface area contributed by atoms with E-state index in [9.17, 15) is 9.59 Å². The second-order valence-electron chi connectivity index (χ2n) is 11.8. The predicted molar refractivity (Wildman–Crippen MR) is 182 cm³/mol. The van der Waals surface area contributed by atoms with Crippen LogP contribution in [0.2, 0.25) is 5.02 Å². The van der Waals surface area contributed by atoms with E-state index in [1.807, 2.05) is 60.7 Å². The molecule has 0 spiro atoms. The Morgan fingerprint density at radius 2 is 1.26 bits per heavy atom. The number of pyridine rings is 2. The number of hydrogen-bond acceptors (Lipinski definition) is 8. The maximum Gasteiger partial charge on any atom is 0.220 e. The van der Waals surface area contributed by atoms with Crippen LogP contribution in [-0.2, 0) is 22.7 Å². The van der Waals surface area contributed by atoms with Crippen molar-refractivity contribution in [1.29, 1.82) is 0 Å². The molecule has 2 fully saturated rings. The Balaban J connectivity index is 1.17. The van der Waals surface area contributed by atoms with Crippen LogP contribution in [0.4, 0.5) is 0 Å². The van der Waals surface area contributed by atoms with Crippen LogP contribution in [0.5, 0.6) is 11.8 Å². The lowest BCUT2D eigenvalue weighted by Gasteiger charge is -2.15. The molecule has 47 heavy (non-hydrogen) atoms. The quantitative estimate of drug-likeness (QED) is 0.161. The first-order valence-corrected chi connectivity index (χ1v) is 16.3. The molecule has 6 rings (SSSR count). The summed E-state index contributed by atoms with van der Waals surface area (Å²) in [5.74, 6) is 1.30. The van der Waals surface area contributed by atoms with E-state index in [-0.39, 0.29) is 23.9 Å². The molecule has 2 aromatic heterocycles. The molecule has 0 aliphatic carbocycles. The number of hydrogen-bond donors (Lipinski definition) is 4. The Morgan fingerprint density at radius 3 is 1.83 bits per heavy atom. The third kappa shape index (κ3) is 7.73. The number of rotatable bonds is 13. The molecule has 2 saturated heterocycles. The number of methoxy groups -OCH3 is 2. The van der Waals surface area contributed by atoms with Crippen molar-refractivity contribution in [2.75, 3.05) is 27.3 Å². The van der Waals surface area contributed by atoms with E-state index in [1.165, 1.54) is 0 Å². The van der Waals surface area contributed by atoms with Gasteiger partial charge in [0.05, 0.1) is 30.6 Å². The highest BCUT2D eigenvalue weighted by atomic mass is 35.5. The number of carbonyl (C=O) groups is 2. The second-order valence-corrected chi connectivity index (χ2v) is 12.2. The van der Waals surface area contributed by atoms with Gasteiger partial charge in [0.15, 0.2) is 0 Å². The molecule has 2 aliphatic rings. The fraction of sp³-hybridized carbons (Fsp3) is 0.333. The van der Waals surface area contributed by atoms with Crippen LogP contribution in [0.25, 0.3) is 33.6 Å². The van der Waals surface area contributed by atoms with Gasteiger partial charge in [0.25, 0.3) is 0 Å². The Labute approximate surface area is 279 Å². The van der Waals surface area contributed by atoms with E-state index in [4.69, 9.17) is 31.0 Å². The Hall–Kier alpha value is -4.51. The lowest BCUT2D eigenvalue weighted by Crippen LogP contribution is -2.35. The smallest absolute Gasteiger partial charge is 0.220 e. The zero-order valence-corrected chi connectivity index (χ0v) is 27.3. The molecule has 0 unspecified atom stereocenters. The fourth-order valence-electron chi connectivity index (χ4n) is 6.09. The normalized spacial score (nSPS) is 17.4. The Bertz CT molecular complexity index is 1770. The van der Waals surface area contributed by atoms with Gasteiger partial charge in [-0.1, -0.05) is 60.1 Å². The SMILES string of the molecule is COc1nc(-c2cccc(-c3cccc(-c4ccc(CNC[C@@H]5CCC(=O)N5)c(OC)n4)c3Cl)c2)ccc1CNC[C@@H]1CCC(=O)N1. The van der Waals surface area contributed by atoms with E-state index in [1.54, 1.807) is 14.2 Å². The highest BCUT2D eigenvalue weighted by Gasteiger charge is 2.22. The van der Waals surface area contributed by atoms with Crippen molar-refractivity contribution in [3.8, 4) is 45.4 Å². The first-order valence-electron chi connectivity index (χ1n) is 15.9. The molecular weight excluding hydrogens is 616 g/mol. The number of amides is 2. The summed E-state index contributed by atoms with van der Waals surface area (Å²) in [6.45, 7) is 2.54. The molecule has 0 saturated carbocycles. The Kier molecular flexibility index (Phi) is 10.3. The van der Waals surface area contributed by atoms with Crippen molar-refractivity contribution < 1.29 is 19.1 Å². The maximum absolute atomic E-state index is 11.5. The summed E-state index contributed by atoms with van der Waals surface area (Å²) in [5.41, 5.74) is 6.93. The van der Waals surface area contributed by atoms with Crippen LogP contribution < -0.4 is 30.7 Å². The topological polar surface area (TPSA) is 126 Å². The van der Waals surface area contributed by atoms with Gasteiger partial charge >= 0.3 is 0 Å². The van der Waals surface area contributed by atoms with Gasteiger partial charge in [-0.15, -0.1) is 0 Å². The minimum Gasteiger partial charge on any atom is -0.481 e. The molecule has 0 bridgehead atoms. The monoisotopic (exact) mass is 654 g/mol. The van der Waals surface area contributed by atoms with Gasteiger partial charge in [0, 0.05) is 78.9 Å². The molecule has 0 radical (unpaired) electrons. The van der Waals surface area contributed by atoms with E-state index in [0.717, 1.165) is 51.9 Å². The third-order valence-corrected chi connectivity index (χ3v) is 9.00. The Morgan fingerprint density at radius 1 is 0.723 bits per heavy atom. The molecule has 2 atom stereocenters. The number of nitrogens with one attached hydrogen (secondary N) is 4. The lowest BCUT2D eigenvalue weighted by molar-refractivity contribution is -0.120. The van der Waals surface area contributed by atoms with Gasteiger partial charge in [-0.3, -0.25) is 9.59 Å². The summed E-state index contributed by atoms with van der Waals surface area (Å²) in [6, 6.07) is 22.3. The summed E-state index contributed by atoms with van der Waals surface area (Å²) < 4.78 is 11.3. The fourth-order valence-corrected chi connectivity index (χ4v) is 6.43. The lowest BCUT2D eigenvalue weighted by atomic mass is 9.98. The molecule has 2 aliphatic heterocycles. The molecule has 2 amide bonds. The number of ether oxygens (including phenoxy) is 2. The first-order chi connectivity index (χ1) is 22.9. The van der Waals surface area contributed by atoms with Gasteiger partial charge in [-0.25, -0.2) is 9.97 Å².